The van der Waals surface area contributed by atoms with Gasteiger partial charge in [0.2, 0.25) is 0 Å². The van der Waals surface area contributed by atoms with E-state index >= 15 is 0 Å². The first-order chi connectivity index (χ1) is 22.7. The van der Waals surface area contributed by atoms with Crippen LogP contribution in [0.2, 0.25) is 10.0 Å². The second-order valence-electron chi connectivity index (χ2n) is 12.7. The molecule has 3 aromatic rings. The van der Waals surface area contributed by atoms with Gasteiger partial charge in [0.05, 0.1) is 40.5 Å². The number of aromatic nitrogens is 1. The average Bonchev–Trinajstić information content (AvgIpc) is 3.38. The van der Waals surface area contributed by atoms with E-state index in [1.54, 1.807) is 36.9 Å². The highest BCUT2D eigenvalue weighted by atomic mass is 35.5. The number of aryl methyl sites for hydroxylation is 2. The molecule has 14 heteroatoms. The van der Waals surface area contributed by atoms with E-state index in [-0.39, 0.29) is 58.9 Å². The zero-order valence-electron chi connectivity index (χ0n) is 28.3. The summed E-state index contributed by atoms with van der Waals surface area (Å²) >= 11 is 12.4. The van der Waals surface area contributed by atoms with Gasteiger partial charge in [-0.1, -0.05) is 41.3 Å². The minimum Gasteiger partial charge on any atom is -0.490 e. The van der Waals surface area contributed by atoms with Crippen LogP contribution in [-0.4, -0.2) is 86.0 Å². The summed E-state index contributed by atoms with van der Waals surface area (Å²) in [6.07, 6.45) is 1.96. The lowest BCUT2D eigenvalue weighted by Crippen LogP contribution is -2.47. The van der Waals surface area contributed by atoms with E-state index < -0.39 is 22.0 Å². The number of rotatable bonds is 9. The van der Waals surface area contributed by atoms with E-state index in [9.17, 15) is 18.3 Å². The van der Waals surface area contributed by atoms with Gasteiger partial charge in [0.1, 0.15) is 11.4 Å². The van der Waals surface area contributed by atoms with Crippen molar-refractivity contribution in [2.75, 3.05) is 38.1 Å². The van der Waals surface area contributed by atoms with E-state index in [0.717, 1.165) is 24.8 Å². The smallest absolute Gasteiger partial charge is 0.267 e. The fraction of sp³-hybridized carbons (Fsp3) is 0.529. The number of hydrogen-bond donors (Lipinski definition) is 2. The van der Waals surface area contributed by atoms with E-state index in [2.05, 4.69) is 14.8 Å². The van der Waals surface area contributed by atoms with Crippen LogP contribution in [0.1, 0.15) is 67.4 Å². The molecule has 264 valence electrons. The second-order valence-corrected chi connectivity index (χ2v) is 15.1. The molecule has 2 heterocycles. The molecule has 1 aliphatic rings. The molecular weight excluding hydrogens is 679 g/mol. The predicted octanol–water partition coefficient (Wildman–Crippen LogP) is 6.33. The fourth-order valence-corrected chi connectivity index (χ4v) is 7.54. The SMILES string of the molecule is Cc1noc(C)c1S(=O)(=O)Nc1ccc2c(c1)C(=O)N([C@H](C)CO)C[C@H](C)[C@@H](CN(C)Cc1ccc(Cl)c(Cl)c1)OCCCC[C@@H](C)O2. The maximum Gasteiger partial charge on any atom is 0.267 e. The topological polar surface area (TPSA) is 134 Å². The van der Waals surface area contributed by atoms with Crippen LogP contribution in [0.25, 0.3) is 0 Å². The van der Waals surface area contributed by atoms with Crippen LogP contribution in [0.5, 0.6) is 5.75 Å². The van der Waals surface area contributed by atoms with Gasteiger partial charge >= 0.3 is 0 Å². The van der Waals surface area contributed by atoms with Crippen molar-refractivity contribution in [1.82, 2.24) is 15.0 Å². The first-order valence-electron chi connectivity index (χ1n) is 16.1. The van der Waals surface area contributed by atoms with Crippen molar-refractivity contribution in [3.05, 3.63) is 69.0 Å². The van der Waals surface area contributed by atoms with Crippen LogP contribution in [0.3, 0.4) is 0 Å². The summed E-state index contributed by atoms with van der Waals surface area (Å²) in [6.45, 7) is 10.6. The largest absolute Gasteiger partial charge is 0.490 e. The van der Waals surface area contributed by atoms with E-state index in [1.807, 2.05) is 33.0 Å². The lowest BCUT2D eigenvalue weighted by molar-refractivity contribution is -0.0177. The van der Waals surface area contributed by atoms with Crippen molar-refractivity contribution in [2.45, 2.75) is 83.6 Å². The normalized spacial score (nSPS) is 20.6. The van der Waals surface area contributed by atoms with Crippen LogP contribution in [0.15, 0.2) is 45.8 Å². The molecule has 4 rings (SSSR count). The summed E-state index contributed by atoms with van der Waals surface area (Å²) < 4.78 is 47.0. The first-order valence-corrected chi connectivity index (χ1v) is 18.4. The number of carbonyl (C=O) groups excluding carboxylic acids is 1. The van der Waals surface area contributed by atoms with E-state index in [0.29, 0.717) is 35.5 Å². The standard InChI is InChI=1S/C34H46Cl2N4O7S/c1-21-17-40(22(2)20-41)34(42)28-16-27(38-48(43,44)33-24(4)37-47-25(33)5)11-13-31(28)46-23(3)9-7-8-14-45-32(21)19-39(6)18-26-10-12-29(35)30(36)15-26/h10-13,15-16,21-23,32,38,41H,7-9,14,17-20H2,1-6H3/t21-,22+,23+,32+/m0/s1. The highest BCUT2D eigenvalue weighted by molar-refractivity contribution is 7.92. The quantitative estimate of drug-likeness (QED) is 0.260. The van der Waals surface area contributed by atoms with E-state index in [4.69, 9.17) is 37.2 Å². The molecule has 2 aromatic carbocycles. The van der Waals surface area contributed by atoms with Gasteiger partial charge in [-0.3, -0.25) is 14.4 Å². The van der Waals surface area contributed by atoms with Crippen molar-refractivity contribution in [1.29, 1.82) is 0 Å². The molecule has 0 fully saturated rings. The molecular formula is C34H46Cl2N4O7S. The number of sulfonamides is 1. The van der Waals surface area contributed by atoms with Gasteiger partial charge in [0.25, 0.3) is 15.9 Å². The summed E-state index contributed by atoms with van der Waals surface area (Å²) in [5.74, 6) is -0.0414. The minimum atomic E-state index is -4.07. The number of amides is 1. The maximum absolute atomic E-state index is 14.4. The number of fused-ring (bicyclic) bond motifs is 1. The average molecular weight is 726 g/mol. The van der Waals surface area contributed by atoms with Crippen molar-refractivity contribution in [3.8, 4) is 5.75 Å². The number of carbonyl (C=O) groups is 1. The number of halogens is 2. The fourth-order valence-electron chi connectivity index (χ4n) is 5.83. The minimum absolute atomic E-state index is 0.0571. The van der Waals surface area contributed by atoms with Crippen LogP contribution in [-0.2, 0) is 21.3 Å². The zero-order chi connectivity index (χ0) is 35.2. The number of aliphatic hydroxyl groups is 1. The number of nitrogens with one attached hydrogen (secondary N) is 1. The molecule has 0 bridgehead atoms. The molecule has 0 saturated carbocycles. The first kappa shape index (κ1) is 37.9. The number of ether oxygens (including phenoxy) is 2. The summed E-state index contributed by atoms with van der Waals surface area (Å²) in [5.41, 5.74) is 1.59. The molecule has 0 unspecified atom stereocenters. The van der Waals surface area contributed by atoms with Gasteiger partial charge in [-0.25, -0.2) is 8.42 Å². The Kier molecular flexibility index (Phi) is 13.2. The number of nitrogens with zero attached hydrogens (tertiary/aromatic N) is 3. The van der Waals surface area contributed by atoms with E-state index in [1.165, 1.54) is 13.0 Å². The zero-order valence-corrected chi connectivity index (χ0v) is 30.7. The molecule has 0 spiro atoms. The van der Waals surface area contributed by atoms with Gasteiger partial charge < -0.3 is 24.0 Å². The highest BCUT2D eigenvalue weighted by Crippen LogP contribution is 2.31. The van der Waals surface area contributed by atoms with Crippen molar-refractivity contribution >= 4 is 44.8 Å². The molecule has 1 aliphatic heterocycles. The van der Waals surface area contributed by atoms with Gasteiger partial charge in [-0.2, -0.15) is 0 Å². The van der Waals surface area contributed by atoms with Gasteiger partial charge in [-0.15, -0.1) is 0 Å². The Balaban J connectivity index is 1.65. The maximum atomic E-state index is 14.4. The molecule has 1 aromatic heterocycles. The Labute approximate surface area is 293 Å². The third kappa shape index (κ3) is 9.64. The monoisotopic (exact) mass is 724 g/mol. The Morgan fingerprint density at radius 1 is 1.12 bits per heavy atom. The number of benzene rings is 2. The van der Waals surface area contributed by atoms with Gasteiger partial charge in [0, 0.05) is 37.8 Å². The van der Waals surface area contributed by atoms with Gasteiger partial charge in [-0.05, 0) is 89.9 Å². The summed E-state index contributed by atoms with van der Waals surface area (Å²) in [7, 11) is -2.07. The molecule has 0 radical (unpaired) electrons. The Morgan fingerprint density at radius 2 is 1.88 bits per heavy atom. The van der Waals surface area contributed by atoms with Crippen molar-refractivity contribution in [3.63, 3.8) is 0 Å². The molecule has 2 N–H and O–H groups in total. The molecule has 48 heavy (non-hydrogen) atoms. The van der Waals surface area contributed by atoms with Crippen LogP contribution >= 0.6 is 23.2 Å². The van der Waals surface area contributed by atoms with Crippen molar-refractivity contribution < 1.29 is 32.3 Å². The lowest BCUT2D eigenvalue weighted by Gasteiger charge is -2.36. The molecule has 4 atom stereocenters. The highest BCUT2D eigenvalue weighted by Gasteiger charge is 2.31. The van der Waals surface area contributed by atoms with Crippen LogP contribution < -0.4 is 9.46 Å². The Bertz CT molecular complexity index is 1650. The number of likely N-dealkylation sites (N-methyl/N-ethyl adjacent to an activating group) is 1. The third-order valence-electron chi connectivity index (χ3n) is 8.47. The summed E-state index contributed by atoms with van der Waals surface area (Å²) in [6, 6.07) is 9.68. The number of anilines is 1. The molecule has 0 saturated heterocycles. The molecule has 11 nitrogen and oxygen atoms in total. The lowest BCUT2D eigenvalue weighted by atomic mass is 10.0. The summed E-state index contributed by atoms with van der Waals surface area (Å²) in [5, 5.41) is 15.0. The summed E-state index contributed by atoms with van der Waals surface area (Å²) in [4.78, 5) is 18.1. The molecule has 0 aliphatic carbocycles. The predicted molar refractivity (Wildman–Crippen MR) is 186 cm³/mol. The van der Waals surface area contributed by atoms with Crippen molar-refractivity contribution in [2.24, 2.45) is 5.92 Å². The van der Waals surface area contributed by atoms with Crippen LogP contribution in [0, 0.1) is 19.8 Å². The second kappa shape index (κ2) is 16.7. The third-order valence-corrected chi connectivity index (χ3v) is 10.8. The van der Waals surface area contributed by atoms with Crippen LogP contribution in [0.4, 0.5) is 5.69 Å². The number of aliphatic hydroxyl groups excluding tert-OH is 1. The Hall–Kier alpha value is -2.87. The number of hydrogen-bond acceptors (Lipinski definition) is 9. The molecule has 1 amide bonds. The van der Waals surface area contributed by atoms with Gasteiger partial charge in [0.15, 0.2) is 10.7 Å². The Morgan fingerprint density at radius 3 is 2.54 bits per heavy atom.